The Bertz CT molecular complexity index is 647. The Balaban J connectivity index is 2.16. The maximum absolute atomic E-state index is 9.67. The third kappa shape index (κ3) is 2.06. The molecule has 0 radical (unpaired) electrons. The maximum Gasteiger partial charge on any atom is 0.0960 e. The summed E-state index contributed by atoms with van der Waals surface area (Å²) in [4.78, 5) is 0. The average molecular weight is 277 g/mol. The van der Waals surface area contributed by atoms with Crippen molar-refractivity contribution in [2.75, 3.05) is 6.54 Å². The van der Waals surface area contributed by atoms with Crippen LogP contribution in [0.2, 0.25) is 0 Å². The van der Waals surface area contributed by atoms with E-state index in [-0.39, 0.29) is 11.8 Å². The van der Waals surface area contributed by atoms with E-state index >= 15 is 0 Å². The summed E-state index contributed by atoms with van der Waals surface area (Å²) in [5, 5.41) is 22.8. The standard InChI is InChI=1S/C18H19N3/c1-11-14(8-19)15(9-20)18(13-6-4-3-5-7-13)16-10-21-12(2)17(11)16/h3-7,12,15-18,21H,10H2,1-2H3/t12-,15-,16-,17-,18-/m1/s1. The van der Waals surface area contributed by atoms with E-state index < -0.39 is 0 Å². The fraction of sp³-hybridized carbons (Fsp3) is 0.444. The Hall–Kier alpha value is -2.10. The van der Waals surface area contributed by atoms with E-state index in [9.17, 15) is 10.5 Å². The molecule has 5 atom stereocenters. The molecule has 0 amide bonds. The van der Waals surface area contributed by atoms with E-state index in [1.54, 1.807) is 0 Å². The van der Waals surface area contributed by atoms with Crippen molar-refractivity contribution in [2.24, 2.45) is 17.8 Å². The molecule has 1 fully saturated rings. The molecule has 21 heavy (non-hydrogen) atoms. The fourth-order valence-corrected chi connectivity index (χ4v) is 4.26. The Labute approximate surface area is 125 Å². The lowest BCUT2D eigenvalue weighted by molar-refractivity contribution is 0.306. The van der Waals surface area contributed by atoms with Gasteiger partial charge in [-0.05, 0) is 31.9 Å². The summed E-state index contributed by atoms with van der Waals surface area (Å²) >= 11 is 0. The van der Waals surface area contributed by atoms with Crippen molar-refractivity contribution < 1.29 is 0 Å². The quantitative estimate of drug-likeness (QED) is 0.858. The Morgan fingerprint density at radius 2 is 1.86 bits per heavy atom. The van der Waals surface area contributed by atoms with Gasteiger partial charge in [-0.15, -0.1) is 0 Å². The third-order valence-corrected chi connectivity index (χ3v) is 5.18. The van der Waals surface area contributed by atoms with Gasteiger partial charge in [0.2, 0.25) is 0 Å². The van der Waals surface area contributed by atoms with Crippen LogP contribution in [0.5, 0.6) is 0 Å². The molecule has 0 bridgehead atoms. The minimum Gasteiger partial charge on any atom is -0.313 e. The molecule has 0 aromatic heterocycles. The van der Waals surface area contributed by atoms with E-state index in [0.29, 0.717) is 23.5 Å². The predicted molar refractivity (Wildman–Crippen MR) is 81.0 cm³/mol. The zero-order chi connectivity index (χ0) is 15.0. The summed E-state index contributed by atoms with van der Waals surface area (Å²) in [7, 11) is 0. The van der Waals surface area contributed by atoms with Crippen LogP contribution in [0.15, 0.2) is 41.5 Å². The van der Waals surface area contributed by atoms with Crippen LogP contribution in [0.1, 0.15) is 25.3 Å². The summed E-state index contributed by atoms with van der Waals surface area (Å²) in [6, 6.07) is 15.3. The second kappa shape index (κ2) is 5.35. The van der Waals surface area contributed by atoms with Gasteiger partial charge in [0.05, 0.1) is 18.1 Å². The van der Waals surface area contributed by atoms with Crippen molar-refractivity contribution in [3.05, 3.63) is 47.0 Å². The van der Waals surface area contributed by atoms with Gasteiger partial charge in [-0.3, -0.25) is 0 Å². The molecule has 3 nitrogen and oxygen atoms in total. The molecule has 1 aromatic carbocycles. The molecule has 3 heteroatoms. The molecule has 0 unspecified atom stereocenters. The van der Waals surface area contributed by atoms with Crippen LogP contribution in [0.25, 0.3) is 0 Å². The molecule has 0 saturated carbocycles. The summed E-state index contributed by atoms with van der Waals surface area (Å²) in [6.45, 7) is 5.13. The largest absolute Gasteiger partial charge is 0.313 e. The number of nitrogens with zero attached hydrogens (tertiary/aromatic N) is 2. The molecule has 106 valence electrons. The minimum absolute atomic E-state index is 0.108. The van der Waals surface area contributed by atoms with Crippen LogP contribution >= 0.6 is 0 Å². The van der Waals surface area contributed by atoms with Gasteiger partial charge in [-0.2, -0.15) is 10.5 Å². The van der Waals surface area contributed by atoms with Crippen molar-refractivity contribution in [3.63, 3.8) is 0 Å². The summed E-state index contributed by atoms with van der Waals surface area (Å²) < 4.78 is 0. The van der Waals surface area contributed by atoms with Crippen molar-refractivity contribution in [2.45, 2.75) is 25.8 Å². The number of allylic oxidation sites excluding steroid dienone is 1. The number of nitrogens with one attached hydrogen (secondary N) is 1. The fourth-order valence-electron chi connectivity index (χ4n) is 4.26. The van der Waals surface area contributed by atoms with E-state index in [2.05, 4.69) is 36.5 Å². The van der Waals surface area contributed by atoms with E-state index in [4.69, 9.17) is 0 Å². The first-order valence-electron chi connectivity index (χ1n) is 7.47. The lowest BCUT2D eigenvalue weighted by Crippen LogP contribution is -2.35. The second-order valence-corrected chi connectivity index (χ2v) is 6.14. The predicted octanol–water partition coefficient (Wildman–Crippen LogP) is 2.99. The molecular formula is C18H19N3. The van der Waals surface area contributed by atoms with Gasteiger partial charge in [-0.1, -0.05) is 35.9 Å². The van der Waals surface area contributed by atoms with Crippen LogP contribution in [0.4, 0.5) is 0 Å². The Kier molecular flexibility index (Phi) is 3.53. The van der Waals surface area contributed by atoms with Crippen LogP contribution < -0.4 is 5.32 Å². The number of benzene rings is 1. The van der Waals surface area contributed by atoms with Crippen LogP contribution in [0, 0.1) is 40.4 Å². The molecule has 1 aliphatic carbocycles. The molecule has 0 spiro atoms. The highest BCUT2D eigenvalue weighted by Crippen LogP contribution is 2.50. The zero-order valence-corrected chi connectivity index (χ0v) is 12.4. The molecule has 3 rings (SSSR count). The molecule has 1 saturated heterocycles. The van der Waals surface area contributed by atoms with Gasteiger partial charge in [-0.25, -0.2) is 0 Å². The highest BCUT2D eigenvalue weighted by atomic mass is 15.0. The minimum atomic E-state index is -0.328. The Morgan fingerprint density at radius 3 is 2.48 bits per heavy atom. The van der Waals surface area contributed by atoms with Crippen molar-refractivity contribution in [1.82, 2.24) is 5.32 Å². The maximum atomic E-state index is 9.67. The molecule has 1 aliphatic heterocycles. The number of hydrogen-bond acceptors (Lipinski definition) is 3. The lowest BCUT2D eigenvalue weighted by atomic mass is 9.62. The lowest BCUT2D eigenvalue weighted by Gasteiger charge is -2.38. The molecule has 1 heterocycles. The SMILES string of the molecule is CC1=C(C#N)[C@@H](C#N)[C@@H](c2ccccc2)[C@@H]2CN[C@H](C)[C@@H]12. The van der Waals surface area contributed by atoms with E-state index in [1.165, 1.54) is 5.56 Å². The van der Waals surface area contributed by atoms with E-state index in [0.717, 1.165) is 12.1 Å². The van der Waals surface area contributed by atoms with Crippen molar-refractivity contribution >= 4 is 0 Å². The first-order valence-corrected chi connectivity index (χ1v) is 7.47. The average Bonchev–Trinajstić information content (AvgIpc) is 2.90. The molecule has 2 aliphatic rings. The van der Waals surface area contributed by atoms with Crippen molar-refractivity contribution in [1.29, 1.82) is 10.5 Å². The molecule has 1 aromatic rings. The van der Waals surface area contributed by atoms with Crippen LogP contribution in [-0.2, 0) is 0 Å². The second-order valence-electron chi connectivity index (χ2n) is 6.14. The number of rotatable bonds is 1. The molecular weight excluding hydrogens is 258 g/mol. The summed E-state index contributed by atoms with van der Waals surface area (Å²) in [5.74, 6) is 0.529. The highest BCUT2D eigenvalue weighted by Gasteiger charge is 2.48. The summed E-state index contributed by atoms with van der Waals surface area (Å²) in [5.41, 5.74) is 2.97. The van der Waals surface area contributed by atoms with Gasteiger partial charge in [0.1, 0.15) is 0 Å². The van der Waals surface area contributed by atoms with Gasteiger partial charge < -0.3 is 5.32 Å². The zero-order valence-electron chi connectivity index (χ0n) is 12.4. The summed E-state index contributed by atoms with van der Waals surface area (Å²) in [6.07, 6.45) is 0. The number of hydrogen-bond donors (Lipinski definition) is 1. The van der Waals surface area contributed by atoms with Crippen molar-refractivity contribution in [3.8, 4) is 12.1 Å². The Morgan fingerprint density at radius 1 is 1.14 bits per heavy atom. The number of nitriles is 2. The van der Waals surface area contributed by atoms with Gasteiger partial charge >= 0.3 is 0 Å². The third-order valence-electron chi connectivity index (χ3n) is 5.18. The number of fused-ring (bicyclic) bond motifs is 1. The topological polar surface area (TPSA) is 59.6 Å². The van der Waals surface area contributed by atoms with Crippen LogP contribution in [0.3, 0.4) is 0 Å². The monoisotopic (exact) mass is 277 g/mol. The smallest absolute Gasteiger partial charge is 0.0960 e. The van der Waals surface area contributed by atoms with Gasteiger partial charge in [0.25, 0.3) is 0 Å². The highest BCUT2D eigenvalue weighted by molar-refractivity contribution is 5.44. The van der Waals surface area contributed by atoms with E-state index in [1.807, 2.05) is 25.1 Å². The normalized spacial score (nSPS) is 35.0. The first kappa shape index (κ1) is 13.9. The molecule has 1 N–H and O–H groups in total. The first-order chi connectivity index (χ1) is 10.2. The van der Waals surface area contributed by atoms with Gasteiger partial charge in [0.15, 0.2) is 0 Å². The van der Waals surface area contributed by atoms with Crippen LogP contribution in [-0.4, -0.2) is 12.6 Å². The van der Waals surface area contributed by atoms with Gasteiger partial charge in [0, 0.05) is 23.5 Å².